The Balaban J connectivity index is 0.00000364. The summed E-state index contributed by atoms with van der Waals surface area (Å²) in [7, 11) is -3.20. The van der Waals surface area contributed by atoms with E-state index < -0.39 is 9.84 Å². The Bertz CT molecular complexity index is 822. The fraction of sp³-hybridized carbons (Fsp3) is 0.316. The average Bonchev–Trinajstić information content (AvgIpc) is 2.60. The summed E-state index contributed by atoms with van der Waals surface area (Å²) < 4.78 is 28.3. The van der Waals surface area contributed by atoms with Crippen molar-refractivity contribution in [2.75, 3.05) is 25.1 Å². The second-order valence-electron chi connectivity index (χ2n) is 6.04. The van der Waals surface area contributed by atoms with Crippen molar-refractivity contribution in [2.45, 2.75) is 24.2 Å². The minimum absolute atomic E-state index is 0. The maximum Gasteiger partial charge on any atom is 0.220 e. The number of sulfone groups is 1. The molecule has 0 unspecified atom stereocenters. The average molecular weight is 413 g/mol. The van der Waals surface area contributed by atoms with Crippen LogP contribution in [0.4, 0.5) is 5.69 Å². The SMILES string of the molecule is CS(=O)(=O)c1ccc(OCCCC(=O)NCCc2ccc(N)cc2)cc1.Cl. The van der Waals surface area contributed by atoms with Crippen molar-refractivity contribution < 1.29 is 17.9 Å². The van der Waals surface area contributed by atoms with E-state index in [0.717, 1.165) is 23.9 Å². The molecule has 0 aliphatic heterocycles. The van der Waals surface area contributed by atoms with Crippen molar-refractivity contribution >= 4 is 33.8 Å². The molecule has 148 valence electrons. The van der Waals surface area contributed by atoms with Crippen molar-refractivity contribution in [3.05, 3.63) is 54.1 Å². The Morgan fingerprint density at radius 1 is 1.07 bits per heavy atom. The van der Waals surface area contributed by atoms with E-state index in [2.05, 4.69) is 5.32 Å². The lowest BCUT2D eigenvalue weighted by atomic mass is 10.1. The second-order valence-corrected chi connectivity index (χ2v) is 8.05. The number of hydrogen-bond acceptors (Lipinski definition) is 5. The quantitative estimate of drug-likeness (QED) is 0.487. The standard InChI is InChI=1S/C19H24N2O4S.ClH/c1-26(23,24)18-10-8-17(9-11-18)25-14-2-3-19(22)21-13-12-15-4-6-16(20)7-5-15;/h4-11H,2-3,12-14,20H2,1H3,(H,21,22);1H. The number of amides is 1. The van der Waals surface area contributed by atoms with Gasteiger partial charge in [0.2, 0.25) is 5.91 Å². The van der Waals surface area contributed by atoms with Crippen LogP contribution in [-0.2, 0) is 21.1 Å². The van der Waals surface area contributed by atoms with E-state index in [-0.39, 0.29) is 23.2 Å². The third-order valence-electron chi connectivity index (χ3n) is 3.78. The number of rotatable bonds is 9. The summed E-state index contributed by atoms with van der Waals surface area (Å²) in [6.45, 7) is 0.972. The van der Waals surface area contributed by atoms with Crippen LogP contribution in [0.5, 0.6) is 5.75 Å². The third-order valence-corrected chi connectivity index (χ3v) is 4.91. The summed E-state index contributed by atoms with van der Waals surface area (Å²) in [6.07, 6.45) is 2.88. The molecule has 0 fully saturated rings. The molecule has 27 heavy (non-hydrogen) atoms. The number of nitrogen functional groups attached to an aromatic ring is 1. The van der Waals surface area contributed by atoms with Crippen LogP contribution in [0.1, 0.15) is 18.4 Å². The van der Waals surface area contributed by atoms with Gasteiger partial charge in [-0.25, -0.2) is 8.42 Å². The van der Waals surface area contributed by atoms with E-state index in [1.54, 1.807) is 12.1 Å². The first-order valence-electron chi connectivity index (χ1n) is 8.38. The largest absolute Gasteiger partial charge is 0.494 e. The van der Waals surface area contributed by atoms with Gasteiger partial charge in [-0.05, 0) is 54.8 Å². The second kappa shape index (κ2) is 10.8. The zero-order chi connectivity index (χ0) is 19.0. The highest BCUT2D eigenvalue weighted by molar-refractivity contribution is 7.90. The molecule has 0 bridgehead atoms. The molecule has 0 saturated carbocycles. The van der Waals surface area contributed by atoms with Crippen molar-refractivity contribution in [3.8, 4) is 5.75 Å². The summed E-state index contributed by atoms with van der Waals surface area (Å²) >= 11 is 0. The Kier molecular flexibility index (Phi) is 9.11. The molecule has 0 aliphatic carbocycles. The summed E-state index contributed by atoms with van der Waals surface area (Å²) in [6, 6.07) is 13.8. The van der Waals surface area contributed by atoms with Gasteiger partial charge >= 0.3 is 0 Å². The molecule has 0 spiro atoms. The number of ether oxygens (including phenoxy) is 1. The molecule has 8 heteroatoms. The molecule has 2 aromatic rings. The smallest absolute Gasteiger partial charge is 0.220 e. The minimum atomic E-state index is -3.20. The van der Waals surface area contributed by atoms with Gasteiger partial charge in [-0.1, -0.05) is 12.1 Å². The number of carbonyl (C=O) groups is 1. The highest BCUT2D eigenvalue weighted by Crippen LogP contribution is 2.16. The van der Waals surface area contributed by atoms with Crippen LogP contribution in [0, 0.1) is 0 Å². The zero-order valence-electron chi connectivity index (χ0n) is 15.2. The first-order valence-corrected chi connectivity index (χ1v) is 10.3. The Labute approximate surface area is 166 Å². The van der Waals surface area contributed by atoms with Crippen LogP contribution in [0.25, 0.3) is 0 Å². The molecular weight excluding hydrogens is 388 g/mol. The highest BCUT2D eigenvalue weighted by atomic mass is 35.5. The van der Waals surface area contributed by atoms with Gasteiger partial charge in [-0.2, -0.15) is 0 Å². The number of nitrogens with two attached hydrogens (primary N) is 1. The normalized spacial score (nSPS) is 10.7. The Morgan fingerprint density at radius 3 is 2.30 bits per heavy atom. The predicted molar refractivity (Wildman–Crippen MR) is 109 cm³/mol. The fourth-order valence-electron chi connectivity index (χ4n) is 2.32. The van der Waals surface area contributed by atoms with Gasteiger partial charge in [0.15, 0.2) is 9.84 Å². The van der Waals surface area contributed by atoms with Gasteiger partial charge in [0.1, 0.15) is 5.75 Å². The van der Waals surface area contributed by atoms with Gasteiger partial charge in [-0.15, -0.1) is 12.4 Å². The van der Waals surface area contributed by atoms with Crippen LogP contribution >= 0.6 is 12.4 Å². The van der Waals surface area contributed by atoms with Gasteiger partial charge in [0.05, 0.1) is 11.5 Å². The van der Waals surface area contributed by atoms with E-state index in [9.17, 15) is 13.2 Å². The van der Waals surface area contributed by atoms with Crippen LogP contribution in [0.2, 0.25) is 0 Å². The molecule has 1 amide bonds. The van der Waals surface area contributed by atoms with Crippen LogP contribution in [0.15, 0.2) is 53.4 Å². The first-order chi connectivity index (χ1) is 12.3. The maximum atomic E-state index is 11.8. The van der Waals surface area contributed by atoms with E-state index >= 15 is 0 Å². The van der Waals surface area contributed by atoms with E-state index in [4.69, 9.17) is 10.5 Å². The van der Waals surface area contributed by atoms with Crippen molar-refractivity contribution in [2.24, 2.45) is 0 Å². The Morgan fingerprint density at radius 2 is 1.70 bits per heavy atom. The van der Waals surface area contributed by atoms with E-state index in [0.29, 0.717) is 31.7 Å². The molecule has 0 aromatic heterocycles. The summed E-state index contributed by atoms with van der Waals surface area (Å²) in [5.74, 6) is 0.567. The lowest BCUT2D eigenvalue weighted by Crippen LogP contribution is -2.25. The van der Waals surface area contributed by atoms with Crippen molar-refractivity contribution in [3.63, 3.8) is 0 Å². The van der Waals surface area contributed by atoms with Crippen LogP contribution in [-0.4, -0.2) is 33.7 Å². The van der Waals surface area contributed by atoms with Crippen molar-refractivity contribution in [1.82, 2.24) is 5.32 Å². The molecule has 2 aromatic carbocycles. The van der Waals surface area contributed by atoms with E-state index in [1.165, 1.54) is 12.1 Å². The van der Waals surface area contributed by atoms with Gasteiger partial charge in [0, 0.05) is 24.9 Å². The minimum Gasteiger partial charge on any atom is -0.494 e. The maximum absolute atomic E-state index is 11.8. The molecular formula is C19H25ClN2O4S. The Hall–Kier alpha value is -2.25. The first kappa shape index (κ1) is 22.8. The number of anilines is 1. The van der Waals surface area contributed by atoms with Crippen LogP contribution < -0.4 is 15.8 Å². The van der Waals surface area contributed by atoms with Gasteiger partial charge < -0.3 is 15.8 Å². The molecule has 0 atom stereocenters. The molecule has 0 radical (unpaired) electrons. The van der Waals surface area contributed by atoms with E-state index in [1.807, 2.05) is 24.3 Å². The van der Waals surface area contributed by atoms with Crippen LogP contribution in [0.3, 0.4) is 0 Å². The van der Waals surface area contributed by atoms with Crippen molar-refractivity contribution in [1.29, 1.82) is 0 Å². The number of benzene rings is 2. The monoisotopic (exact) mass is 412 g/mol. The summed E-state index contributed by atoms with van der Waals surface area (Å²) in [5, 5.41) is 2.88. The zero-order valence-corrected chi connectivity index (χ0v) is 16.8. The van der Waals surface area contributed by atoms with Gasteiger partial charge in [0.25, 0.3) is 0 Å². The lowest BCUT2D eigenvalue weighted by molar-refractivity contribution is -0.121. The molecule has 0 heterocycles. The summed E-state index contributed by atoms with van der Waals surface area (Å²) in [5.41, 5.74) is 7.48. The third kappa shape index (κ3) is 8.32. The highest BCUT2D eigenvalue weighted by Gasteiger charge is 2.06. The lowest BCUT2D eigenvalue weighted by Gasteiger charge is -2.08. The topological polar surface area (TPSA) is 98.5 Å². The summed E-state index contributed by atoms with van der Waals surface area (Å²) in [4.78, 5) is 12.1. The molecule has 2 rings (SSSR count). The molecule has 0 aliphatic rings. The predicted octanol–water partition coefficient (Wildman–Crippen LogP) is 2.61. The number of carbonyl (C=O) groups excluding carboxylic acids is 1. The number of halogens is 1. The van der Waals surface area contributed by atoms with Gasteiger partial charge in [-0.3, -0.25) is 4.79 Å². The molecule has 0 saturated heterocycles. The molecule has 3 N–H and O–H groups in total. The fourth-order valence-corrected chi connectivity index (χ4v) is 2.96. The number of nitrogens with one attached hydrogen (secondary N) is 1. The number of hydrogen-bond donors (Lipinski definition) is 2. The molecule has 6 nitrogen and oxygen atoms in total.